The van der Waals surface area contributed by atoms with Gasteiger partial charge >= 0.3 is 0 Å². The Morgan fingerprint density at radius 1 is 1.12 bits per heavy atom. The molecule has 1 aromatic rings. The van der Waals surface area contributed by atoms with Gasteiger partial charge in [-0.15, -0.1) is 0 Å². The van der Waals surface area contributed by atoms with Gasteiger partial charge in [0.2, 0.25) is 5.95 Å². The van der Waals surface area contributed by atoms with E-state index in [-0.39, 0.29) is 12.2 Å². The minimum atomic E-state index is 0.233. The third-order valence-corrected chi connectivity index (χ3v) is 5.46. The topological polar surface area (TPSA) is 44.7 Å². The summed E-state index contributed by atoms with van der Waals surface area (Å²) in [6.07, 6.45) is 5.10. The van der Waals surface area contributed by atoms with Gasteiger partial charge in [0.15, 0.2) is 0 Å². The Labute approximate surface area is 144 Å². The predicted molar refractivity (Wildman–Crippen MR) is 94.1 cm³/mol. The molecule has 0 bridgehead atoms. The highest BCUT2D eigenvalue weighted by molar-refractivity contribution is 5.31. The molecule has 3 atom stereocenters. The number of ether oxygens (including phenoxy) is 1. The van der Waals surface area contributed by atoms with E-state index in [9.17, 15) is 0 Å². The van der Waals surface area contributed by atoms with E-state index in [1.54, 1.807) is 0 Å². The Balaban J connectivity index is 1.41. The van der Waals surface area contributed by atoms with Crippen molar-refractivity contribution < 1.29 is 4.74 Å². The fourth-order valence-corrected chi connectivity index (χ4v) is 4.39. The second-order valence-corrected chi connectivity index (χ2v) is 7.58. The average molecular weight is 331 g/mol. The molecule has 4 rings (SSSR count). The van der Waals surface area contributed by atoms with Crippen molar-refractivity contribution in [3.8, 4) is 0 Å². The lowest BCUT2D eigenvalue weighted by molar-refractivity contribution is -0.00574. The molecule has 3 aliphatic rings. The predicted octanol–water partition coefficient (Wildman–Crippen LogP) is 1.37. The maximum atomic E-state index is 5.82. The van der Waals surface area contributed by atoms with Gasteiger partial charge in [-0.2, -0.15) is 0 Å². The highest BCUT2D eigenvalue weighted by Crippen LogP contribution is 2.23. The van der Waals surface area contributed by atoms with Crippen LogP contribution in [0.4, 0.5) is 5.95 Å². The van der Waals surface area contributed by atoms with Gasteiger partial charge in [0, 0.05) is 51.5 Å². The van der Waals surface area contributed by atoms with Crippen LogP contribution in [-0.2, 0) is 11.3 Å². The maximum Gasteiger partial charge on any atom is 0.225 e. The summed E-state index contributed by atoms with van der Waals surface area (Å²) in [5.74, 6) is 0.856. The SMILES string of the molecule is C[C@@H]1CN(c2nccc(CN3CCN4CCC[C@H]4C3)n2)C[C@@H](C)O1. The van der Waals surface area contributed by atoms with Crippen LogP contribution in [0, 0.1) is 0 Å². The molecule has 1 aromatic heterocycles. The molecule has 3 aliphatic heterocycles. The summed E-state index contributed by atoms with van der Waals surface area (Å²) in [6.45, 7) is 11.8. The lowest BCUT2D eigenvalue weighted by Crippen LogP contribution is -2.49. The summed E-state index contributed by atoms with van der Waals surface area (Å²) < 4.78 is 5.82. The molecule has 0 N–H and O–H groups in total. The number of piperazine rings is 1. The highest BCUT2D eigenvalue weighted by atomic mass is 16.5. The summed E-state index contributed by atoms with van der Waals surface area (Å²) in [5, 5.41) is 0. The first-order valence-electron chi connectivity index (χ1n) is 9.36. The Bertz CT molecular complexity index is 558. The zero-order chi connectivity index (χ0) is 16.5. The van der Waals surface area contributed by atoms with E-state index >= 15 is 0 Å². The highest BCUT2D eigenvalue weighted by Gasteiger charge is 2.30. The van der Waals surface area contributed by atoms with Crippen molar-refractivity contribution in [3.63, 3.8) is 0 Å². The summed E-state index contributed by atoms with van der Waals surface area (Å²) in [6, 6.07) is 2.83. The molecule has 6 nitrogen and oxygen atoms in total. The largest absolute Gasteiger partial charge is 0.372 e. The van der Waals surface area contributed by atoms with Crippen molar-refractivity contribution in [1.82, 2.24) is 19.8 Å². The minimum Gasteiger partial charge on any atom is -0.372 e. The van der Waals surface area contributed by atoms with E-state index in [1.165, 1.54) is 32.5 Å². The first kappa shape index (κ1) is 16.2. The molecule has 0 spiro atoms. The Hall–Kier alpha value is -1.24. The van der Waals surface area contributed by atoms with Crippen LogP contribution in [0.5, 0.6) is 0 Å². The summed E-state index contributed by atoms with van der Waals surface area (Å²) in [4.78, 5) is 16.8. The number of aromatic nitrogens is 2. The molecule has 0 aromatic carbocycles. The lowest BCUT2D eigenvalue weighted by atomic mass is 10.1. The van der Waals surface area contributed by atoms with Gasteiger partial charge in [0.05, 0.1) is 17.9 Å². The van der Waals surface area contributed by atoms with Gasteiger partial charge in [0.1, 0.15) is 0 Å². The molecule has 0 unspecified atom stereocenters. The van der Waals surface area contributed by atoms with Crippen LogP contribution in [0.15, 0.2) is 12.3 Å². The van der Waals surface area contributed by atoms with Crippen LogP contribution in [-0.4, -0.2) is 77.3 Å². The summed E-state index contributed by atoms with van der Waals surface area (Å²) >= 11 is 0. The average Bonchev–Trinajstić information content (AvgIpc) is 3.02. The van der Waals surface area contributed by atoms with Gasteiger partial charge in [-0.3, -0.25) is 9.80 Å². The first-order valence-corrected chi connectivity index (χ1v) is 9.36. The second-order valence-electron chi connectivity index (χ2n) is 7.58. The van der Waals surface area contributed by atoms with Gasteiger partial charge in [-0.1, -0.05) is 0 Å². The number of hydrogen-bond acceptors (Lipinski definition) is 6. The van der Waals surface area contributed by atoms with Gasteiger partial charge < -0.3 is 9.64 Å². The van der Waals surface area contributed by atoms with E-state index in [1.807, 2.05) is 6.20 Å². The Kier molecular flexibility index (Phi) is 4.70. The zero-order valence-corrected chi connectivity index (χ0v) is 14.9. The summed E-state index contributed by atoms with van der Waals surface area (Å²) in [7, 11) is 0. The monoisotopic (exact) mass is 331 g/mol. The van der Waals surface area contributed by atoms with Crippen LogP contribution < -0.4 is 4.90 Å². The van der Waals surface area contributed by atoms with Crippen LogP contribution in [0.2, 0.25) is 0 Å². The van der Waals surface area contributed by atoms with Crippen molar-refractivity contribution in [2.24, 2.45) is 0 Å². The lowest BCUT2D eigenvalue weighted by Gasteiger charge is -2.37. The molecule has 6 heteroatoms. The molecule has 3 saturated heterocycles. The van der Waals surface area contributed by atoms with Gasteiger partial charge in [-0.05, 0) is 39.3 Å². The number of nitrogens with zero attached hydrogens (tertiary/aromatic N) is 5. The minimum absolute atomic E-state index is 0.233. The fraction of sp³-hybridized carbons (Fsp3) is 0.778. The van der Waals surface area contributed by atoms with E-state index in [2.05, 4.69) is 39.6 Å². The smallest absolute Gasteiger partial charge is 0.225 e. The normalized spacial score (nSPS) is 32.1. The number of hydrogen-bond donors (Lipinski definition) is 0. The van der Waals surface area contributed by atoms with Crippen molar-refractivity contribution in [1.29, 1.82) is 0 Å². The van der Waals surface area contributed by atoms with Crippen LogP contribution in [0.25, 0.3) is 0 Å². The van der Waals surface area contributed by atoms with Crippen LogP contribution >= 0.6 is 0 Å². The van der Waals surface area contributed by atoms with Crippen molar-refractivity contribution in [3.05, 3.63) is 18.0 Å². The van der Waals surface area contributed by atoms with E-state index in [4.69, 9.17) is 9.72 Å². The molecule has 0 amide bonds. The Morgan fingerprint density at radius 3 is 2.79 bits per heavy atom. The number of fused-ring (bicyclic) bond motifs is 1. The molecule has 24 heavy (non-hydrogen) atoms. The molecule has 0 saturated carbocycles. The number of rotatable bonds is 3. The van der Waals surface area contributed by atoms with Crippen molar-refractivity contribution in [2.45, 2.75) is 51.5 Å². The van der Waals surface area contributed by atoms with Gasteiger partial charge in [-0.25, -0.2) is 9.97 Å². The van der Waals surface area contributed by atoms with Crippen molar-refractivity contribution in [2.75, 3.05) is 44.2 Å². The molecule has 132 valence electrons. The molecular formula is C18H29N5O. The standard InChI is InChI=1S/C18H29N5O/c1-14-10-23(11-15(2)24-14)18-19-6-5-16(20-18)12-21-8-9-22-7-3-4-17(22)13-21/h5-6,14-15,17H,3-4,7-13H2,1-2H3/t14-,15-,17+/m1/s1. The van der Waals surface area contributed by atoms with E-state index < -0.39 is 0 Å². The summed E-state index contributed by atoms with van der Waals surface area (Å²) in [5.41, 5.74) is 1.14. The third kappa shape index (κ3) is 3.55. The third-order valence-electron chi connectivity index (χ3n) is 5.46. The molecule has 0 aliphatic carbocycles. The molecular weight excluding hydrogens is 302 g/mol. The fourth-order valence-electron chi connectivity index (χ4n) is 4.39. The van der Waals surface area contributed by atoms with Crippen molar-refractivity contribution >= 4 is 5.95 Å². The second kappa shape index (κ2) is 6.94. The number of anilines is 1. The number of morpholine rings is 1. The van der Waals surface area contributed by atoms with Gasteiger partial charge in [0.25, 0.3) is 0 Å². The molecule has 0 radical (unpaired) electrons. The molecule has 3 fully saturated rings. The van der Waals surface area contributed by atoms with E-state index in [0.29, 0.717) is 0 Å². The van der Waals surface area contributed by atoms with Crippen LogP contribution in [0.3, 0.4) is 0 Å². The molecule has 4 heterocycles. The Morgan fingerprint density at radius 2 is 1.96 bits per heavy atom. The van der Waals surface area contributed by atoms with E-state index in [0.717, 1.165) is 43.9 Å². The first-order chi connectivity index (χ1) is 11.7. The maximum absolute atomic E-state index is 5.82. The van der Waals surface area contributed by atoms with Crippen LogP contribution in [0.1, 0.15) is 32.4 Å². The quantitative estimate of drug-likeness (QED) is 0.834. The zero-order valence-electron chi connectivity index (χ0n) is 14.9.